The molecule has 0 radical (unpaired) electrons. The smallest absolute Gasteiger partial charge is 0.128 e. The third-order valence-corrected chi connectivity index (χ3v) is 2.81. The molecule has 0 spiro atoms. The molecule has 1 aliphatic heterocycles. The van der Waals surface area contributed by atoms with Gasteiger partial charge in [-0.15, -0.1) is 0 Å². The van der Waals surface area contributed by atoms with Gasteiger partial charge in [0.25, 0.3) is 0 Å². The van der Waals surface area contributed by atoms with Gasteiger partial charge in [0.05, 0.1) is 19.7 Å². The van der Waals surface area contributed by atoms with Crippen LogP contribution in [0.5, 0.6) is 0 Å². The first-order valence-corrected chi connectivity index (χ1v) is 4.37. The number of ether oxygens (including phenoxy) is 1. The fraction of sp³-hybridized carbons (Fsp3) is 0.778. The summed E-state index contributed by atoms with van der Waals surface area (Å²) in [6.07, 6.45) is 0. The zero-order valence-corrected chi connectivity index (χ0v) is 7.60. The summed E-state index contributed by atoms with van der Waals surface area (Å²) in [4.78, 5) is 0. The summed E-state index contributed by atoms with van der Waals surface area (Å²) in [5.74, 6) is 0. The van der Waals surface area contributed by atoms with Crippen LogP contribution >= 0.6 is 0 Å². The van der Waals surface area contributed by atoms with Gasteiger partial charge in [-0.25, -0.2) is 0 Å². The molecule has 2 nitrogen and oxygen atoms in total. The largest absolute Gasteiger partial charge is 0.365 e. The Morgan fingerprint density at radius 1 is 1.45 bits per heavy atom. The second-order valence-electron chi connectivity index (χ2n) is 3.12. The average Bonchev–Trinajstić information content (AvgIpc) is 2.06. The standard InChI is InChI=1S/C9H18NO/c1-4-10(5-2)6-7-11-8-9(10)3/h3-8H2,1-2H3/q+1. The molecule has 1 fully saturated rings. The van der Waals surface area contributed by atoms with Gasteiger partial charge in [-0.3, -0.25) is 4.48 Å². The third-order valence-electron chi connectivity index (χ3n) is 2.81. The predicted octanol–water partition coefficient (Wildman–Crippen LogP) is 1.39. The van der Waals surface area contributed by atoms with E-state index in [9.17, 15) is 0 Å². The zero-order chi connectivity index (χ0) is 8.32. The number of quaternary nitrogens is 1. The molecule has 1 heterocycles. The van der Waals surface area contributed by atoms with E-state index >= 15 is 0 Å². The molecule has 64 valence electrons. The Morgan fingerprint density at radius 3 is 2.45 bits per heavy atom. The van der Waals surface area contributed by atoms with Gasteiger partial charge in [0.15, 0.2) is 0 Å². The van der Waals surface area contributed by atoms with E-state index in [0.29, 0.717) is 0 Å². The Bertz CT molecular complexity index is 150. The first kappa shape index (κ1) is 8.75. The Balaban J connectivity index is 2.69. The second kappa shape index (κ2) is 3.37. The normalized spacial score (nSPS) is 23.6. The summed E-state index contributed by atoms with van der Waals surface area (Å²) in [7, 11) is 0. The van der Waals surface area contributed by atoms with Crippen molar-refractivity contribution in [3.8, 4) is 0 Å². The van der Waals surface area contributed by atoms with Crippen LogP contribution in [0.1, 0.15) is 13.8 Å². The van der Waals surface area contributed by atoms with Gasteiger partial charge in [-0.05, 0) is 20.4 Å². The Hall–Kier alpha value is -0.340. The van der Waals surface area contributed by atoms with E-state index in [1.165, 1.54) is 5.70 Å². The van der Waals surface area contributed by atoms with Crippen LogP contribution in [0.2, 0.25) is 0 Å². The fourth-order valence-corrected chi connectivity index (χ4v) is 1.71. The van der Waals surface area contributed by atoms with Crippen LogP contribution in [-0.4, -0.2) is 37.3 Å². The molecular formula is C9H18NO+. The van der Waals surface area contributed by atoms with E-state index in [-0.39, 0.29) is 0 Å². The fourth-order valence-electron chi connectivity index (χ4n) is 1.71. The van der Waals surface area contributed by atoms with Crippen molar-refractivity contribution in [3.63, 3.8) is 0 Å². The molecule has 0 aromatic carbocycles. The molecule has 1 aliphatic rings. The molecule has 0 N–H and O–H groups in total. The van der Waals surface area contributed by atoms with Crippen LogP contribution in [0.15, 0.2) is 12.3 Å². The lowest BCUT2D eigenvalue weighted by atomic mass is 10.2. The molecule has 1 saturated heterocycles. The lowest BCUT2D eigenvalue weighted by Gasteiger charge is -2.40. The first-order valence-electron chi connectivity index (χ1n) is 4.37. The number of rotatable bonds is 2. The molecule has 1 rings (SSSR count). The van der Waals surface area contributed by atoms with Crippen molar-refractivity contribution in [1.29, 1.82) is 0 Å². The summed E-state index contributed by atoms with van der Waals surface area (Å²) < 4.78 is 6.38. The van der Waals surface area contributed by atoms with Crippen molar-refractivity contribution in [3.05, 3.63) is 12.3 Å². The molecule has 0 saturated carbocycles. The zero-order valence-electron chi connectivity index (χ0n) is 7.60. The summed E-state index contributed by atoms with van der Waals surface area (Å²) in [5.41, 5.74) is 1.24. The number of nitrogens with zero attached hydrogens (tertiary/aromatic N) is 1. The third kappa shape index (κ3) is 1.47. The molecule has 0 bridgehead atoms. The van der Waals surface area contributed by atoms with Crippen molar-refractivity contribution in [1.82, 2.24) is 0 Å². The maximum absolute atomic E-state index is 5.33. The van der Waals surface area contributed by atoms with Crippen molar-refractivity contribution in [2.75, 3.05) is 32.8 Å². The maximum atomic E-state index is 5.33. The summed E-state index contributed by atoms with van der Waals surface area (Å²) >= 11 is 0. The van der Waals surface area contributed by atoms with Crippen LogP contribution in [-0.2, 0) is 4.74 Å². The first-order chi connectivity index (χ1) is 5.25. The Labute approximate surface area is 69.0 Å². The molecule has 0 aromatic rings. The highest BCUT2D eigenvalue weighted by Crippen LogP contribution is 2.19. The van der Waals surface area contributed by atoms with E-state index in [0.717, 1.165) is 37.3 Å². The molecule has 2 heteroatoms. The topological polar surface area (TPSA) is 9.23 Å². The quantitative estimate of drug-likeness (QED) is 0.549. The van der Waals surface area contributed by atoms with Gasteiger partial charge in [-0.1, -0.05) is 0 Å². The minimum atomic E-state index is 0.752. The molecule has 0 unspecified atom stereocenters. The average molecular weight is 156 g/mol. The van der Waals surface area contributed by atoms with Gasteiger partial charge in [-0.2, -0.15) is 0 Å². The van der Waals surface area contributed by atoms with Crippen molar-refractivity contribution in [2.24, 2.45) is 0 Å². The Morgan fingerprint density at radius 2 is 2.09 bits per heavy atom. The number of hydrogen-bond acceptors (Lipinski definition) is 1. The second-order valence-corrected chi connectivity index (χ2v) is 3.12. The Kier molecular flexibility index (Phi) is 2.68. The molecule has 0 aliphatic carbocycles. The van der Waals surface area contributed by atoms with E-state index < -0.39 is 0 Å². The minimum absolute atomic E-state index is 0.752. The highest BCUT2D eigenvalue weighted by molar-refractivity contribution is 4.86. The monoisotopic (exact) mass is 156 g/mol. The van der Waals surface area contributed by atoms with Gasteiger partial charge in [0.2, 0.25) is 0 Å². The minimum Gasteiger partial charge on any atom is -0.365 e. The van der Waals surface area contributed by atoms with E-state index in [2.05, 4.69) is 20.4 Å². The van der Waals surface area contributed by atoms with Crippen molar-refractivity contribution < 1.29 is 9.22 Å². The van der Waals surface area contributed by atoms with Gasteiger partial charge in [0.1, 0.15) is 18.8 Å². The van der Waals surface area contributed by atoms with Gasteiger partial charge >= 0.3 is 0 Å². The highest BCUT2D eigenvalue weighted by atomic mass is 16.5. The van der Waals surface area contributed by atoms with Crippen LogP contribution < -0.4 is 0 Å². The molecular weight excluding hydrogens is 138 g/mol. The number of hydrogen-bond donors (Lipinski definition) is 0. The van der Waals surface area contributed by atoms with Crippen molar-refractivity contribution >= 4 is 0 Å². The lowest BCUT2D eigenvalue weighted by Crippen LogP contribution is -2.52. The lowest BCUT2D eigenvalue weighted by molar-refractivity contribution is -0.896. The van der Waals surface area contributed by atoms with Gasteiger partial charge < -0.3 is 4.74 Å². The van der Waals surface area contributed by atoms with Crippen LogP contribution in [0, 0.1) is 0 Å². The van der Waals surface area contributed by atoms with Gasteiger partial charge in [0, 0.05) is 0 Å². The maximum Gasteiger partial charge on any atom is 0.128 e. The van der Waals surface area contributed by atoms with Crippen LogP contribution in [0.25, 0.3) is 0 Å². The van der Waals surface area contributed by atoms with Crippen molar-refractivity contribution in [2.45, 2.75) is 13.8 Å². The van der Waals surface area contributed by atoms with E-state index in [1.807, 2.05) is 0 Å². The van der Waals surface area contributed by atoms with Crippen LogP contribution in [0.4, 0.5) is 0 Å². The summed E-state index contributed by atoms with van der Waals surface area (Å²) in [5, 5.41) is 0. The molecule has 11 heavy (non-hydrogen) atoms. The number of likely N-dealkylation sites (N-methyl/N-ethyl adjacent to an activating group) is 1. The molecule has 0 atom stereocenters. The predicted molar refractivity (Wildman–Crippen MR) is 46.2 cm³/mol. The summed E-state index contributed by atoms with van der Waals surface area (Å²) in [6.45, 7) is 13.5. The molecule has 0 aromatic heterocycles. The number of morpholine rings is 1. The summed E-state index contributed by atoms with van der Waals surface area (Å²) in [6, 6.07) is 0. The van der Waals surface area contributed by atoms with E-state index in [1.54, 1.807) is 0 Å². The van der Waals surface area contributed by atoms with E-state index in [4.69, 9.17) is 4.74 Å². The SMILES string of the molecule is C=C1COCC[N+]1(CC)CC. The van der Waals surface area contributed by atoms with Crippen LogP contribution in [0.3, 0.4) is 0 Å². The highest BCUT2D eigenvalue weighted by Gasteiger charge is 2.30. The molecule has 0 amide bonds.